The van der Waals surface area contributed by atoms with Gasteiger partial charge in [-0.2, -0.15) is 0 Å². The van der Waals surface area contributed by atoms with Gasteiger partial charge in [-0.05, 0) is 42.8 Å². The van der Waals surface area contributed by atoms with Crippen molar-refractivity contribution in [2.75, 3.05) is 4.90 Å². The molecule has 0 radical (unpaired) electrons. The van der Waals surface area contributed by atoms with Gasteiger partial charge in [0.1, 0.15) is 5.75 Å². The molecule has 1 atom stereocenters. The first-order valence-corrected chi connectivity index (χ1v) is 9.14. The fourth-order valence-electron chi connectivity index (χ4n) is 2.85. The highest BCUT2D eigenvalue weighted by atomic mass is 35.5. The predicted octanol–water partition coefficient (Wildman–Crippen LogP) is 4.77. The lowest BCUT2D eigenvalue weighted by atomic mass is 10.1. The van der Waals surface area contributed by atoms with E-state index in [2.05, 4.69) is 4.98 Å². The van der Waals surface area contributed by atoms with Gasteiger partial charge >= 0.3 is 0 Å². The number of benzene rings is 2. The third-order valence-corrected chi connectivity index (χ3v) is 5.18. The summed E-state index contributed by atoms with van der Waals surface area (Å²) < 4.78 is 5.88. The second-order valence-electron chi connectivity index (χ2n) is 5.84. The van der Waals surface area contributed by atoms with E-state index in [0.29, 0.717) is 22.3 Å². The Balaban J connectivity index is 1.68. The van der Waals surface area contributed by atoms with Crippen LogP contribution in [0.3, 0.4) is 0 Å². The first-order chi connectivity index (χ1) is 12.1. The van der Waals surface area contributed by atoms with Gasteiger partial charge in [0.05, 0.1) is 11.4 Å². The molecule has 25 heavy (non-hydrogen) atoms. The number of aryl methyl sites for hydroxylation is 1. The molecule has 1 aromatic heterocycles. The largest absolute Gasteiger partial charge is 0.480 e. The van der Waals surface area contributed by atoms with Crippen molar-refractivity contribution in [3.8, 4) is 5.75 Å². The Kier molecular flexibility index (Phi) is 4.19. The van der Waals surface area contributed by atoms with Crippen LogP contribution >= 0.6 is 22.9 Å². The van der Waals surface area contributed by atoms with Gasteiger partial charge in [-0.3, -0.25) is 9.69 Å². The summed E-state index contributed by atoms with van der Waals surface area (Å²) in [5.74, 6) is 0.582. The Morgan fingerprint density at radius 3 is 2.80 bits per heavy atom. The number of aromatic nitrogens is 1. The zero-order valence-corrected chi connectivity index (χ0v) is 15.1. The third-order valence-electron chi connectivity index (χ3n) is 4.01. The minimum absolute atomic E-state index is 0.132. The molecule has 6 heteroatoms. The summed E-state index contributed by atoms with van der Waals surface area (Å²) in [6.45, 7) is 1.91. The number of para-hydroxylation sites is 1. The van der Waals surface area contributed by atoms with Crippen molar-refractivity contribution in [1.82, 2.24) is 4.98 Å². The summed E-state index contributed by atoms with van der Waals surface area (Å²) in [4.78, 5) is 19.4. The van der Waals surface area contributed by atoms with E-state index in [1.54, 1.807) is 11.0 Å². The first kappa shape index (κ1) is 16.1. The molecule has 4 rings (SSSR count). The van der Waals surface area contributed by atoms with Crippen molar-refractivity contribution >= 4 is 39.7 Å². The fraction of sp³-hybridized carbons (Fsp3) is 0.158. The Hall–Kier alpha value is -2.37. The SMILES string of the molecule is Cc1csc(N(C(=O)[C@@H]2Cc3cc(Cl)ccc3O2)c2ccccc2)n1. The van der Waals surface area contributed by atoms with Crippen LogP contribution in [0.25, 0.3) is 0 Å². The van der Waals surface area contributed by atoms with Gasteiger partial charge in [-0.1, -0.05) is 29.8 Å². The molecule has 1 amide bonds. The molecule has 2 aromatic carbocycles. The summed E-state index contributed by atoms with van der Waals surface area (Å²) >= 11 is 7.49. The van der Waals surface area contributed by atoms with E-state index in [4.69, 9.17) is 16.3 Å². The standard InChI is InChI=1S/C19H15ClN2O2S/c1-12-11-25-19(21-12)22(15-5-3-2-4-6-15)18(23)17-10-13-9-14(20)7-8-16(13)24-17/h2-9,11,17H,10H2,1H3/t17-/m0/s1. The zero-order valence-electron chi connectivity index (χ0n) is 13.5. The highest BCUT2D eigenvalue weighted by molar-refractivity contribution is 7.14. The van der Waals surface area contributed by atoms with Gasteiger partial charge in [0.2, 0.25) is 0 Å². The molecular formula is C19H15ClN2O2S. The Bertz CT molecular complexity index is 926. The maximum atomic E-state index is 13.2. The van der Waals surface area contributed by atoms with Crippen LogP contribution in [-0.4, -0.2) is 17.0 Å². The van der Waals surface area contributed by atoms with E-state index in [9.17, 15) is 4.79 Å². The number of carbonyl (C=O) groups excluding carboxylic acids is 1. The number of hydrogen-bond acceptors (Lipinski definition) is 4. The minimum Gasteiger partial charge on any atom is -0.480 e. The van der Waals surface area contributed by atoms with E-state index < -0.39 is 6.10 Å². The average Bonchev–Trinajstić information content (AvgIpc) is 3.22. The first-order valence-electron chi connectivity index (χ1n) is 7.88. The lowest BCUT2D eigenvalue weighted by Crippen LogP contribution is -2.38. The van der Waals surface area contributed by atoms with Crippen LogP contribution in [0.15, 0.2) is 53.9 Å². The van der Waals surface area contributed by atoms with Crippen LogP contribution in [0.5, 0.6) is 5.75 Å². The van der Waals surface area contributed by atoms with E-state index in [1.807, 2.05) is 54.8 Å². The van der Waals surface area contributed by atoms with Crippen molar-refractivity contribution in [2.24, 2.45) is 0 Å². The fourth-order valence-corrected chi connectivity index (χ4v) is 3.87. The van der Waals surface area contributed by atoms with Crippen LogP contribution in [0.4, 0.5) is 10.8 Å². The normalized spacial score (nSPS) is 15.5. The molecule has 0 saturated carbocycles. The van der Waals surface area contributed by atoms with Crippen LogP contribution in [-0.2, 0) is 11.2 Å². The number of amides is 1. The molecule has 3 aromatic rings. The molecule has 0 spiro atoms. The van der Waals surface area contributed by atoms with E-state index in [-0.39, 0.29) is 5.91 Å². The van der Waals surface area contributed by atoms with E-state index in [1.165, 1.54) is 11.3 Å². The molecule has 0 bridgehead atoms. The van der Waals surface area contributed by atoms with Crippen molar-refractivity contribution in [3.05, 3.63) is 70.2 Å². The Labute approximate surface area is 154 Å². The van der Waals surface area contributed by atoms with Crippen LogP contribution < -0.4 is 9.64 Å². The number of carbonyl (C=O) groups is 1. The molecule has 4 nitrogen and oxygen atoms in total. The molecule has 0 saturated heterocycles. The number of nitrogens with zero attached hydrogens (tertiary/aromatic N) is 2. The molecule has 0 fully saturated rings. The topological polar surface area (TPSA) is 42.4 Å². The lowest BCUT2D eigenvalue weighted by molar-refractivity contribution is -0.123. The van der Waals surface area contributed by atoms with Gasteiger partial charge in [-0.15, -0.1) is 11.3 Å². The lowest BCUT2D eigenvalue weighted by Gasteiger charge is -2.23. The molecular weight excluding hydrogens is 356 g/mol. The average molecular weight is 371 g/mol. The highest BCUT2D eigenvalue weighted by Gasteiger charge is 2.35. The Morgan fingerprint density at radius 2 is 2.08 bits per heavy atom. The number of ether oxygens (including phenoxy) is 1. The van der Waals surface area contributed by atoms with Gasteiger partial charge < -0.3 is 4.74 Å². The smallest absolute Gasteiger partial charge is 0.274 e. The van der Waals surface area contributed by atoms with Gasteiger partial charge in [-0.25, -0.2) is 4.98 Å². The summed E-state index contributed by atoms with van der Waals surface area (Å²) in [5.41, 5.74) is 2.62. The molecule has 2 heterocycles. The van der Waals surface area contributed by atoms with Crippen LogP contribution in [0.2, 0.25) is 5.02 Å². The number of thiazole rings is 1. The zero-order chi connectivity index (χ0) is 17.4. The number of fused-ring (bicyclic) bond motifs is 1. The van der Waals surface area contributed by atoms with E-state index >= 15 is 0 Å². The molecule has 126 valence electrons. The van der Waals surface area contributed by atoms with Crippen molar-refractivity contribution in [1.29, 1.82) is 0 Å². The second-order valence-corrected chi connectivity index (χ2v) is 7.12. The number of halogens is 1. The molecule has 1 aliphatic rings. The van der Waals surface area contributed by atoms with Crippen molar-refractivity contribution in [2.45, 2.75) is 19.4 Å². The molecule has 1 aliphatic heterocycles. The summed E-state index contributed by atoms with van der Waals surface area (Å²) in [7, 11) is 0. The maximum Gasteiger partial charge on any atom is 0.274 e. The quantitative estimate of drug-likeness (QED) is 0.666. The minimum atomic E-state index is -0.585. The number of rotatable bonds is 3. The highest BCUT2D eigenvalue weighted by Crippen LogP contribution is 2.35. The van der Waals surface area contributed by atoms with Crippen LogP contribution in [0, 0.1) is 6.92 Å². The second kappa shape index (κ2) is 6.50. The molecule has 0 unspecified atom stereocenters. The predicted molar refractivity (Wildman–Crippen MR) is 100 cm³/mol. The molecule has 0 aliphatic carbocycles. The van der Waals surface area contributed by atoms with Gasteiger partial charge in [0, 0.05) is 16.8 Å². The summed E-state index contributed by atoms with van der Waals surface area (Å²) in [6.07, 6.45) is -0.0829. The van der Waals surface area contributed by atoms with Crippen LogP contribution in [0.1, 0.15) is 11.3 Å². The number of anilines is 2. The van der Waals surface area contributed by atoms with E-state index in [0.717, 1.165) is 16.9 Å². The Morgan fingerprint density at radius 1 is 1.28 bits per heavy atom. The summed E-state index contributed by atoms with van der Waals surface area (Å²) in [6, 6.07) is 15.0. The summed E-state index contributed by atoms with van der Waals surface area (Å²) in [5, 5.41) is 3.22. The van der Waals surface area contributed by atoms with Crippen molar-refractivity contribution in [3.63, 3.8) is 0 Å². The molecule has 0 N–H and O–H groups in total. The van der Waals surface area contributed by atoms with Gasteiger partial charge in [0.25, 0.3) is 5.91 Å². The van der Waals surface area contributed by atoms with Crippen molar-refractivity contribution < 1.29 is 9.53 Å². The number of hydrogen-bond donors (Lipinski definition) is 0. The van der Waals surface area contributed by atoms with Gasteiger partial charge in [0.15, 0.2) is 11.2 Å². The monoisotopic (exact) mass is 370 g/mol. The third kappa shape index (κ3) is 3.13. The maximum absolute atomic E-state index is 13.2.